The van der Waals surface area contributed by atoms with E-state index in [2.05, 4.69) is 20.9 Å². The third-order valence-electron chi connectivity index (χ3n) is 4.69. The third-order valence-corrected chi connectivity index (χ3v) is 5.12. The SMILES string of the molecule is Cc1cc(C(=O)COC(=O)c2cncc(Br)c2)c(C)n1CCc1ccc(F)cc1. The van der Waals surface area contributed by atoms with Gasteiger partial charge in [0.25, 0.3) is 0 Å². The summed E-state index contributed by atoms with van der Waals surface area (Å²) in [6, 6.07) is 9.78. The number of hydrogen-bond acceptors (Lipinski definition) is 4. The Morgan fingerprint density at radius 2 is 1.86 bits per heavy atom. The summed E-state index contributed by atoms with van der Waals surface area (Å²) >= 11 is 3.24. The molecule has 0 aliphatic rings. The van der Waals surface area contributed by atoms with E-state index in [0.29, 0.717) is 16.6 Å². The molecule has 0 fully saturated rings. The number of aryl methyl sites for hydroxylation is 2. The second kappa shape index (κ2) is 9.13. The third kappa shape index (κ3) is 5.17. The van der Waals surface area contributed by atoms with Crippen molar-refractivity contribution in [3.05, 3.63) is 87.2 Å². The molecular formula is C22H20BrFN2O3. The highest BCUT2D eigenvalue weighted by Gasteiger charge is 2.18. The van der Waals surface area contributed by atoms with Crippen LogP contribution in [-0.2, 0) is 17.7 Å². The standard InChI is InChI=1S/C22H20BrFN2O3/c1-14-9-20(15(2)26(14)8-7-16-3-5-19(24)6-4-16)21(27)13-29-22(28)17-10-18(23)12-25-11-17/h3-6,9-12H,7-8,13H2,1-2H3. The zero-order chi connectivity index (χ0) is 21.0. The molecule has 0 aliphatic heterocycles. The van der Waals surface area contributed by atoms with Crippen LogP contribution in [0.15, 0.2) is 53.3 Å². The van der Waals surface area contributed by atoms with E-state index in [1.165, 1.54) is 18.3 Å². The zero-order valence-electron chi connectivity index (χ0n) is 16.1. The first kappa shape index (κ1) is 20.9. The molecule has 1 aromatic carbocycles. The number of rotatable bonds is 7. The summed E-state index contributed by atoms with van der Waals surface area (Å²) in [6.45, 7) is 4.12. The van der Waals surface area contributed by atoms with Crippen LogP contribution in [0.4, 0.5) is 4.39 Å². The summed E-state index contributed by atoms with van der Waals surface area (Å²) in [5.74, 6) is -1.12. The van der Waals surface area contributed by atoms with Gasteiger partial charge in [0, 0.05) is 40.4 Å². The van der Waals surface area contributed by atoms with Gasteiger partial charge in [-0.25, -0.2) is 9.18 Å². The molecule has 0 unspecified atom stereocenters. The van der Waals surface area contributed by atoms with Crippen molar-refractivity contribution in [1.82, 2.24) is 9.55 Å². The van der Waals surface area contributed by atoms with E-state index in [1.54, 1.807) is 30.5 Å². The Labute approximate surface area is 176 Å². The van der Waals surface area contributed by atoms with Crippen LogP contribution in [-0.4, -0.2) is 27.9 Å². The quantitative estimate of drug-likeness (QED) is 0.380. The van der Waals surface area contributed by atoms with Crippen molar-refractivity contribution in [2.75, 3.05) is 6.61 Å². The molecule has 29 heavy (non-hydrogen) atoms. The summed E-state index contributed by atoms with van der Waals surface area (Å²) < 4.78 is 20.9. The van der Waals surface area contributed by atoms with Crippen molar-refractivity contribution in [1.29, 1.82) is 0 Å². The normalized spacial score (nSPS) is 10.8. The average molecular weight is 459 g/mol. The lowest BCUT2D eigenvalue weighted by atomic mass is 10.1. The Bertz CT molecular complexity index is 1040. The van der Waals surface area contributed by atoms with E-state index in [0.717, 1.165) is 23.4 Å². The lowest BCUT2D eigenvalue weighted by Crippen LogP contribution is -2.15. The lowest BCUT2D eigenvalue weighted by Gasteiger charge is -2.10. The number of pyridine rings is 1. The topological polar surface area (TPSA) is 61.2 Å². The van der Waals surface area contributed by atoms with Gasteiger partial charge in [-0.2, -0.15) is 0 Å². The van der Waals surface area contributed by atoms with E-state index >= 15 is 0 Å². The molecule has 150 valence electrons. The van der Waals surface area contributed by atoms with Crippen LogP contribution in [0.5, 0.6) is 0 Å². The molecule has 5 nitrogen and oxygen atoms in total. The van der Waals surface area contributed by atoms with Gasteiger partial charge in [0.05, 0.1) is 5.56 Å². The second-order valence-electron chi connectivity index (χ2n) is 6.70. The van der Waals surface area contributed by atoms with Gasteiger partial charge in [-0.1, -0.05) is 12.1 Å². The van der Waals surface area contributed by atoms with E-state index in [-0.39, 0.29) is 23.8 Å². The highest BCUT2D eigenvalue weighted by atomic mass is 79.9. The fourth-order valence-electron chi connectivity index (χ4n) is 3.14. The molecule has 0 N–H and O–H groups in total. The minimum atomic E-state index is -0.600. The van der Waals surface area contributed by atoms with E-state index in [1.807, 2.05) is 18.4 Å². The summed E-state index contributed by atoms with van der Waals surface area (Å²) in [5, 5.41) is 0. The van der Waals surface area contributed by atoms with Crippen molar-refractivity contribution in [2.24, 2.45) is 0 Å². The van der Waals surface area contributed by atoms with Gasteiger partial charge in [0.1, 0.15) is 5.82 Å². The number of Topliss-reactive ketones (excluding diaryl/α,β-unsaturated/α-hetero) is 1. The molecule has 2 heterocycles. The lowest BCUT2D eigenvalue weighted by molar-refractivity contribution is 0.0474. The van der Waals surface area contributed by atoms with Crippen molar-refractivity contribution < 1.29 is 18.7 Å². The largest absolute Gasteiger partial charge is 0.454 e. The van der Waals surface area contributed by atoms with Gasteiger partial charge in [-0.15, -0.1) is 0 Å². The Balaban J connectivity index is 1.64. The first-order valence-corrected chi connectivity index (χ1v) is 9.86. The fourth-order valence-corrected chi connectivity index (χ4v) is 3.50. The maximum atomic E-state index is 13.0. The van der Waals surface area contributed by atoms with E-state index in [9.17, 15) is 14.0 Å². The predicted molar refractivity (Wildman–Crippen MR) is 111 cm³/mol. The summed E-state index contributed by atoms with van der Waals surface area (Å²) in [4.78, 5) is 28.6. The molecule has 0 saturated heterocycles. The van der Waals surface area contributed by atoms with Crippen molar-refractivity contribution >= 4 is 27.7 Å². The average Bonchev–Trinajstić information content (AvgIpc) is 2.99. The Morgan fingerprint density at radius 3 is 2.55 bits per heavy atom. The number of nitrogens with zero attached hydrogens (tertiary/aromatic N) is 2. The molecule has 0 radical (unpaired) electrons. The first-order chi connectivity index (χ1) is 13.8. The molecule has 0 bridgehead atoms. The minimum absolute atomic E-state index is 0.261. The van der Waals surface area contributed by atoms with Crippen LogP contribution in [0, 0.1) is 19.7 Å². The van der Waals surface area contributed by atoms with E-state index < -0.39 is 5.97 Å². The molecule has 0 amide bonds. The number of carbonyl (C=O) groups excluding carboxylic acids is 2. The van der Waals surface area contributed by atoms with Crippen LogP contribution >= 0.6 is 15.9 Å². The molecule has 7 heteroatoms. The Morgan fingerprint density at radius 1 is 1.14 bits per heavy atom. The molecule has 0 atom stereocenters. The van der Waals surface area contributed by atoms with Gasteiger partial charge in [-0.05, 0) is 66.0 Å². The number of esters is 1. The van der Waals surface area contributed by atoms with Gasteiger partial charge < -0.3 is 9.30 Å². The molecule has 2 aromatic heterocycles. The number of benzene rings is 1. The molecular weight excluding hydrogens is 439 g/mol. The maximum Gasteiger partial charge on any atom is 0.340 e. The highest BCUT2D eigenvalue weighted by molar-refractivity contribution is 9.10. The predicted octanol–water partition coefficient (Wildman–Crippen LogP) is 4.68. The maximum absolute atomic E-state index is 13.0. The summed E-state index contributed by atoms with van der Waals surface area (Å²) in [5.41, 5.74) is 3.58. The number of ketones is 1. The number of halogens is 2. The van der Waals surface area contributed by atoms with Gasteiger partial charge in [0.2, 0.25) is 5.78 Å². The van der Waals surface area contributed by atoms with E-state index in [4.69, 9.17) is 4.74 Å². The first-order valence-electron chi connectivity index (χ1n) is 9.07. The Kier molecular flexibility index (Phi) is 6.59. The number of ether oxygens (including phenoxy) is 1. The van der Waals surface area contributed by atoms with Crippen molar-refractivity contribution in [2.45, 2.75) is 26.8 Å². The van der Waals surface area contributed by atoms with Crippen molar-refractivity contribution in [3.63, 3.8) is 0 Å². The van der Waals surface area contributed by atoms with Gasteiger partial charge >= 0.3 is 5.97 Å². The number of hydrogen-bond donors (Lipinski definition) is 0. The molecule has 0 saturated carbocycles. The van der Waals surface area contributed by atoms with Gasteiger partial charge in [0.15, 0.2) is 6.61 Å². The highest BCUT2D eigenvalue weighted by Crippen LogP contribution is 2.18. The smallest absolute Gasteiger partial charge is 0.340 e. The van der Waals surface area contributed by atoms with Crippen LogP contribution in [0.25, 0.3) is 0 Å². The molecule has 0 spiro atoms. The zero-order valence-corrected chi connectivity index (χ0v) is 17.7. The summed E-state index contributed by atoms with van der Waals surface area (Å²) in [7, 11) is 0. The molecule has 3 aromatic rings. The van der Waals surface area contributed by atoms with Crippen molar-refractivity contribution in [3.8, 4) is 0 Å². The summed E-state index contributed by atoms with van der Waals surface area (Å²) in [6.07, 6.45) is 3.66. The monoisotopic (exact) mass is 458 g/mol. The van der Waals surface area contributed by atoms with Gasteiger partial charge in [-0.3, -0.25) is 9.78 Å². The Hall–Kier alpha value is -2.80. The molecule has 0 aliphatic carbocycles. The van der Waals surface area contributed by atoms with Crippen LogP contribution in [0.3, 0.4) is 0 Å². The number of aromatic nitrogens is 2. The minimum Gasteiger partial charge on any atom is -0.454 e. The number of carbonyl (C=O) groups is 2. The second-order valence-corrected chi connectivity index (χ2v) is 7.62. The van der Waals surface area contributed by atoms with Crippen LogP contribution in [0.1, 0.15) is 37.7 Å². The fraction of sp³-hybridized carbons (Fsp3) is 0.227. The van der Waals surface area contributed by atoms with Crippen LogP contribution in [0.2, 0.25) is 0 Å². The van der Waals surface area contributed by atoms with Crippen LogP contribution < -0.4 is 0 Å². The molecule has 3 rings (SSSR count).